The molecule has 3 amide bonds. The number of carbonyl (C=O) groups excluding carboxylic acids is 3. The number of oxazole rings is 1. The van der Waals surface area contributed by atoms with Crippen molar-refractivity contribution in [3.8, 4) is 11.5 Å². The average molecular weight is 543 g/mol. The van der Waals surface area contributed by atoms with Crippen molar-refractivity contribution in [1.29, 1.82) is 0 Å². The molecule has 0 radical (unpaired) electrons. The van der Waals surface area contributed by atoms with Gasteiger partial charge in [0.15, 0.2) is 5.69 Å². The Morgan fingerprint density at radius 3 is 2.26 bits per heavy atom. The van der Waals surface area contributed by atoms with Gasteiger partial charge in [0, 0.05) is 30.6 Å². The SMILES string of the molecule is NC(=O)CC1CCC(c2ccc(NC(=O)CCNC(=O)c3nc(-c4ccccc4)oc3C(F)(F)F)cc2)CC1. The van der Waals surface area contributed by atoms with Crippen LogP contribution in [-0.4, -0.2) is 29.3 Å². The number of alkyl halides is 3. The van der Waals surface area contributed by atoms with Crippen LogP contribution in [0.5, 0.6) is 0 Å². The molecule has 0 aliphatic heterocycles. The molecule has 39 heavy (non-hydrogen) atoms. The number of hydrogen-bond donors (Lipinski definition) is 3. The number of carbonyl (C=O) groups is 3. The summed E-state index contributed by atoms with van der Waals surface area (Å²) < 4.78 is 45.2. The van der Waals surface area contributed by atoms with Gasteiger partial charge in [0.05, 0.1) is 0 Å². The summed E-state index contributed by atoms with van der Waals surface area (Å²) in [5, 5.41) is 5.03. The van der Waals surface area contributed by atoms with Gasteiger partial charge in [0.1, 0.15) is 0 Å². The van der Waals surface area contributed by atoms with Crippen LogP contribution in [0.2, 0.25) is 0 Å². The number of aromatic nitrogens is 1. The van der Waals surface area contributed by atoms with Gasteiger partial charge in [-0.2, -0.15) is 13.2 Å². The van der Waals surface area contributed by atoms with E-state index in [0.717, 1.165) is 31.2 Å². The maximum Gasteiger partial charge on any atom is 0.452 e. The highest BCUT2D eigenvalue weighted by Gasteiger charge is 2.42. The van der Waals surface area contributed by atoms with Gasteiger partial charge in [0.25, 0.3) is 5.91 Å². The van der Waals surface area contributed by atoms with E-state index in [4.69, 9.17) is 10.2 Å². The minimum Gasteiger partial charge on any atom is -0.431 e. The zero-order valence-electron chi connectivity index (χ0n) is 21.1. The predicted octanol–water partition coefficient (Wildman–Crippen LogP) is 5.27. The molecule has 1 aliphatic carbocycles. The van der Waals surface area contributed by atoms with Gasteiger partial charge < -0.3 is 20.8 Å². The van der Waals surface area contributed by atoms with Crippen LogP contribution < -0.4 is 16.4 Å². The van der Waals surface area contributed by atoms with Gasteiger partial charge in [-0.1, -0.05) is 30.3 Å². The molecule has 11 heteroatoms. The molecule has 0 bridgehead atoms. The number of hydrogen-bond acceptors (Lipinski definition) is 5. The van der Waals surface area contributed by atoms with Crippen LogP contribution >= 0.6 is 0 Å². The molecule has 0 unspecified atom stereocenters. The number of nitrogens with zero attached hydrogens (tertiary/aromatic N) is 1. The van der Waals surface area contributed by atoms with Crippen LogP contribution in [0.15, 0.2) is 59.0 Å². The molecule has 4 rings (SSSR count). The van der Waals surface area contributed by atoms with Gasteiger partial charge in [-0.3, -0.25) is 14.4 Å². The Kier molecular flexibility index (Phi) is 8.68. The van der Waals surface area contributed by atoms with Crippen LogP contribution in [0.3, 0.4) is 0 Å². The largest absolute Gasteiger partial charge is 0.452 e. The summed E-state index contributed by atoms with van der Waals surface area (Å²) in [5.74, 6) is -2.85. The lowest BCUT2D eigenvalue weighted by atomic mass is 9.77. The average Bonchev–Trinajstić information content (AvgIpc) is 3.37. The summed E-state index contributed by atoms with van der Waals surface area (Å²) in [6, 6.07) is 15.4. The Morgan fingerprint density at radius 2 is 1.64 bits per heavy atom. The first kappa shape index (κ1) is 27.9. The van der Waals surface area contributed by atoms with Crippen LogP contribution in [0.1, 0.15) is 66.3 Å². The quantitative estimate of drug-likeness (QED) is 0.340. The molecule has 3 aromatic rings. The first-order valence-corrected chi connectivity index (χ1v) is 12.7. The number of halogens is 3. The summed E-state index contributed by atoms with van der Waals surface area (Å²) in [4.78, 5) is 39.7. The summed E-state index contributed by atoms with van der Waals surface area (Å²) in [6.45, 7) is -0.192. The van der Waals surface area contributed by atoms with Gasteiger partial charge in [-0.25, -0.2) is 4.98 Å². The second-order valence-electron chi connectivity index (χ2n) is 9.62. The fraction of sp³-hybridized carbons (Fsp3) is 0.357. The number of nitrogens with one attached hydrogen (secondary N) is 2. The third-order valence-electron chi connectivity index (χ3n) is 6.76. The van der Waals surface area contributed by atoms with E-state index in [0.29, 0.717) is 29.5 Å². The van der Waals surface area contributed by atoms with E-state index in [-0.39, 0.29) is 24.8 Å². The van der Waals surface area contributed by atoms with Crippen molar-refractivity contribution in [3.05, 3.63) is 71.6 Å². The Morgan fingerprint density at radius 1 is 0.974 bits per heavy atom. The highest BCUT2D eigenvalue weighted by atomic mass is 19.4. The lowest BCUT2D eigenvalue weighted by Crippen LogP contribution is -2.29. The Balaban J connectivity index is 1.27. The zero-order valence-corrected chi connectivity index (χ0v) is 21.1. The van der Waals surface area contributed by atoms with Crippen molar-refractivity contribution in [2.75, 3.05) is 11.9 Å². The number of amides is 3. The minimum absolute atomic E-state index is 0.151. The van der Waals surface area contributed by atoms with Crippen LogP contribution in [0.25, 0.3) is 11.5 Å². The zero-order chi connectivity index (χ0) is 28.0. The van der Waals surface area contributed by atoms with E-state index in [2.05, 4.69) is 15.6 Å². The van der Waals surface area contributed by atoms with E-state index >= 15 is 0 Å². The van der Waals surface area contributed by atoms with E-state index in [1.54, 1.807) is 30.3 Å². The second kappa shape index (κ2) is 12.1. The smallest absolute Gasteiger partial charge is 0.431 e. The van der Waals surface area contributed by atoms with Gasteiger partial charge in [0.2, 0.25) is 23.5 Å². The first-order chi connectivity index (χ1) is 18.6. The predicted molar refractivity (Wildman–Crippen MR) is 137 cm³/mol. The maximum absolute atomic E-state index is 13.4. The maximum atomic E-state index is 13.4. The van der Waals surface area contributed by atoms with Crippen molar-refractivity contribution in [3.63, 3.8) is 0 Å². The highest BCUT2D eigenvalue weighted by molar-refractivity contribution is 5.95. The summed E-state index contributed by atoms with van der Waals surface area (Å²) in [7, 11) is 0. The molecular formula is C28H29F3N4O4. The van der Waals surface area contributed by atoms with Crippen molar-refractivity contribution >= 4 is 23.4 Å². The van der Waals surface area contributed by atoms with E-state index in [1.807, 2.05) is 12.1 Å². The third-order valence-corrected chi connectivity index (χ3v) is 6.76. The number of primary amides is 1. The fourth-order valence-electron chi connectivity index (χ4n) is 4.79. The van der Waals surface area contributed by atoms with Crippen molar-refractivity contribution < 1.29 is 32.0 Å². The molecule has 8 nitrogen and oxygen atoms in total. The molecule has 0 saturated heterocycles. The summed E-state index contributed by atoms with van der Waals surface area (Å²) >= 11 is 0. The van der Waals surface area contributed by atoms with Gasteiger partial charge in [-0.15, -0.1) is 0 Å². The molecule has 1 heterocycles. The molecule has 4 N–H and O–H groups in total. The van der Waals surface area contributed by atoms with E-state index in [1.165, 1.54) is 12.1 Å². The monoisotopic (exact) mass is 542 g/mol. The van der Waals surface area contributed by atoms with Crippen molar-refractivity contribution in [2.45, 2.75) is 50.6 Å². The van der Waals surface area contributed by atoms with Crippen LogP contribution in [0.4, 0.5) is 18.9 Å². The lowest BCUT2D eigenvalue weighted by Gasteiger charge is -2.28. The number of nitrogens with two attached hydrogens (primary N) is 1. The summed E-state index contributed by atoms with van der Waals surface area (Å²) in [6.07, 6.45) is -0.806. The molecule has 2 aromatic carbocycles. The molecular weight excluding hydrogens is 513 g/mol. The van der Waals surface area contributed by atoms with E-state index in [9.17, 15) is 27.6 Å². The lowest BCUT2D eigenvalue weighted by molar-refractivity contribution is -0.153. The first-order valence-electron chi connectivity index (χ1n) is 12.7. The second-order valence-corrected chi connectivity index (χ2v) is 9.62. The number of rotatable bonds is 9. The molecule has 0 spiro atoms. The molecule has 1 aromatic heterocycles. The topological polar surface area (TPSA) is 127 Å². The summed E-state index contributed by atoms with van der Waals surface area (Å²) in [5.41, 5.74) is 6.43. The Bertz CT molecular complexity index is 1300. The van der Waals surface area contributed by atoms with Crippen LogP contribution in [0, 0.1) is 5.92 Å². The number of benzene rings is 2. The Hall–Kier alpha value is -4.15. The van der Waals surface area contributed by atoms with Gasteiger partial charge >= 0.3 is 6.18 Å². The van der Waals surface area contributed by atoms with Crippen molar-refractivity contribution in [2.24, 2.45) is 11.7 Å². The molecule has 0 atom stereocenters. The highest BCUT2D eigenvalue weighted by Crippen LogP contribution is 2.37. The Labute approximate surface area is 223 Å². The van der Waals surface area contributed by atoms with Crippen LogP contribution in [-0.2, 0) is 15.8 Å². The van der Waals surface area contributed by atoms with Gasteiger partial charge in [-0.05, 0) is 67.3 Å². The molecule has 206 valence electrons. The van der Waals surface area contributed by atoms with E-state index < -0.39 is 29.4 Å². The fourth-order valence-corrected chi connectivity index (χ4v) is 4.79. The molecule has 1 saturated carbocycles. The standard InChI is InChI=1S/C28H29F3N4O4/c29-28(30,31)25-24(35-27(39-25)20-4-2-1-3-5-20)26(38)33-15-14-23(37)34-21-12-10-19(11-13-21)18-8-6-17(7-9-18)16-22(32)36/h1-5,10-13,17-18H,6-9,14-16H2,(H2,32,36)(H,33,38)(H,34,37). The molecule has 1 fully saturated rings. The van der Waals surface area contributed by atoms with Crippen molar-refractivity contribution in [1.82, 2.24) is 10.3 Å². The normalized spacial score (nSPS) is 17.4. The third kappa shape index (κ3) is 7.46. The number of anilines is 1. The molecule has 1 aliphatic rings. The minimum atomic E-state index is -4.92.